The molecule has 4 heteroatoms. The maximum absolute atomic E-state index is 11.9. The molecule has 1 fully saturated rings. The Morgan fingerprint density at radius 2 is 2.10 bits per heavy atom. The van der Waals surface area contributed by atoms with Crippen LogP contribution in [0.1, 0.15) is 47.5 Å². The van der Waals surface area contributed by atoms with Crippen molar-refractivity contribution in [3.8, 4) is 0 Å². The minimum atomic E-state index is -0.450. The molecule has 0 aromatic heterocycles. The number of rotatable bonds is 5. The molecule has 2 aliphatic carbocycles. The number of alkyl carbamates (subject to hydrolysis) is 1. The van der Waals surface area contributed by atoms with Crippen LogP contribution in [0.15, 0.2) is 12.2 Å². The fourth-order valence-corrected chi connectivity index (χ4v) is 3.14. The largest absolute Gasteiger partial charge is 0.444 e. The number of hydrogen-bond acceptors (Lipinski definition) is 3. The first-order valence-corrected chi connectivity index (χ1v) is 8.16. The van der Waals surface area contributed by atoms with Crippen molar-refractivity contribution in [2.45, 2.75) is 65.1 Å². The molecule has 120 valence electrons. The third kappa shape index (κ3) is 4.47. The van der Waals surface area contributed by atoms with E-state index in [4.69, 9.17) is 4.74 Å². The zero-order chi connectivity index (χ0) is 15.6. The Balaban J connectivity index is 1.77. The summed E-state index contributed by atoms with van der Waals surface area (Å²) in [4.78, 5) is 11.9. The molecule has 1 saturated carbocycles. The van der Waals surface area contributed by atoms with Crippen LogP contribution in [0.4, 0.5) is 4.79 Å². The van der Waals surface area contributed by atoms with Gasteiger partial charge in [-0.1, -0.05) is 26.0 Å². The Labute approximate surface area is 128 Å². The third-order valence-electron chi connectivity index (χ3n) is 4.47. The minimum Gasteiger partial charge on any atom is -0.444 e. The highest BCUT2D eigenvalue weighted by atomic mass is 16.6. The lowest BCUT2D eigenvalue weighted by Gasteiger charge is -2.41. The van der Waals surface area contributed by atoms with Crippen LogP contribution in [0.5, 0.6) is 0 Å². The molecule has 2 N–H and O–H groups in total. The maximum atomic E-state index is 11.9. The molecule has 2 aliphatic rings. The van der Waals surface area contributed by atoms with E-state index in [1.165, 1.54) is 12.8 Å². The Kier molecular flexibility index (Phi) is 4.97. The lowest BCUT2D eigenvalue weighted by Crippen LogP contribution is -2.54. The SMILES string of the molecule is CC(C)C(CNC1CC2CC=CC21)NC(=O)OC(C)(C)C. The minimum absolute atomic E-state index is 0.101. The zero-order valence-corrected chi connectivity index (χ0v) is 14.0. The first-order valence-electron chi connectivity index (χ1n) is 8.16. The molecule has 0 heterocycles. The summed E-state index contributed by atoms with van der Waals surface area (Å²) >= 11 is 0. The van der Waals surface area contributed by atoms with Gasteiger partial charge in [0.15, 0.2) is 0 Å². The van der Waals surface area contributed by atoms with Crippen molar-refractivity contribution in [3.05, 3.63) is 12.2 Å². The Bertz CT molecular complexity index is 398. The van der Waals surface area contributed by atoms with Gasteiger partial charge in [0.2, 0.25) is 0 Å². The van der Waals surface area contributed by atoms with Crippen LogP contribution in [0.2, 0.25) is 0 Å². The molecule has 0 bridgehead atoms. The molecule has 4 nitrogen and oxygen atoms in total. The summed E-state index contributed by atoms with van der Waals surface area (Å²) < 4.78 is 5.35. The first-order chi connectivity index (χ1) is 9.76. The van der Waals surface area contributed by atoms with Gasteiger partial charge in [0.1, 0.15) is 5.60 Å². The van der Waals surface area contributed by atoms with Crippen molar-refractivity contribution in [1.82, 2.24) is 10.6 Å². The fourth-order valence-electron chi connectivity index (χ4n) is 3.14. The number of amides is 1. The zero-order valence-electron chi connectivity index (χ0n) is 14.0. The van der Waals surface area contributed by atoms with E-state index in [0.717, 1.165) is 12.5 Å². The van der Waals surface area contributed by atoms with Crippen molar-refractivity contribution < 1.29 is 9.53 Å². The van der Waals surface area contributed by atoms with Gasteiger partial charge in [0.25, 0.3) is 0 Å². The number of fused-ring (bicyclic) bond motifs is 1. The van der Waals surface area contributed by atoms with Gasteiger partial charge < -0.3 is 15.4 Å². The quantitative estimate of drug-likeness (QED) is 0.766. The molecule has 0 aliphatic heterocycles. The molecule has 4 unspecified atom stereocenters. The van der Waals surface area contributed by atoms with Crippen molar-refractivity contribution in [2.75, 3.05) is 6.54 Å². The summed E-state index contributed by atoms with van der Waals surface area (Å²) in [5.74, 6) is 1.94. The van der Waals surface area contributed by atoms with Gasteiger partial charge in [-0.25, -0.2) is 4.79 Å². The van der Waals surface area contributed by atoms with Gasteiger partial charge >= 0.3 is 6.09 Å². The van der Waals surface area contributed by atoms with Gasteiger partial charge in [-0.05, 0) is 51.4 Å². The van der Waals surface area contributed by atoms with E-state index in [9.17, 15) is 4.79 Å². The molecule has 0 saturated heterocycles. The van der Waals surface area contributed by atoms with Gasteiger partial charge in [0.05, 0.1) is 0 Å². The molecular formula is C17H30N2O2. The highest BCUT2D eigenvalue weighted by Crippen LogP contribution is 2.42. The summed E-state index contributed by atoms with van der Waals surface area (Å²) in [7, 11) is 0. The van der Waals surface area contributed by atoms with Crippen LogP contribution >= 0.6 is 0 Å². The van der Waals surface area contributed by atoms with Crippen molar-refractivity contribution >= 4 is 6.09 Å². The number of nitrogens with one attached hydrogen (secondary N) is 2. The average molecular weight is 294 g/mol. The van der Waals surface area contributed by atoms with E-state index in [-0.39, 0.29) is 12.1 Å². The molecular weight excluding hydrogens is 264 g/mol. The molecule has 1 amide bonds. The fraction of sp³-hybridized carbons (Fsp3) is 0.824. The van der Waals surface area contributed by atoms with E-state index in [2.05, 4.69) is 36.6 Å². The second-order valence-corrected chi connectivity index (χ2v) is 7.75. The van der Waals surface area contributed by atoms with E-state index in [1.807, 2.05) is 20.8 Å². The van der Waals surface area contributed by atoms with Crippen LogP contribution < -0.4 is 10.6 Å². The van der Waals surface area contributed by atoms with Crippen molar-refractivity contribution in [1.29, 1.82) is 0 Å². The summed E-state index contributed by atoms with van der Waals surface area (Å²) in [6, 6.07) is 0.680. The number of allylic oxidation sites excluding steroid dienone is 1. The molecule has 2 rings (SSSR count). The Morgan fingerprint density at radius 3 is 2.67 bits per heavy atom. The van der Waals surface area contributed by atoms with Crippen molar-refractivity contribution in [2.24, 2.45) is 17.8 Å². The second-order valence-electron chi connectivity index (χ2n) is 7.75. The lowest BCUT2D eigenvalue weighted by atomic mass is 9.71. The van der Waals surface area contributed by atoms with E-state index in [0.29, 0.717) is 17.9 Å². The van der Waals surface area contributed by atoms with E-state index in [1.54, 1.807) is 0 Å². The predicted molar refractivity (Wildman–Crippen MR) is 85.1 cm³/mol. The van der Waals surface area contributed by atoms with Crippen LogP contribution in [-0.4, -0.2) is 30.3 Å². The van der Waals surface area contributed by atoms with Gasteiger partial charge in [-0.2, -0.15) is 0 Å². The summed E-state index contributed by atoms with van der Waals surface area (Å²) in [6.45, 7) is 10.7. The highest BCUT2D eigenvalue weighted by molar-refractivity contribution is 5.68. The Morgan fingerprint density at radius 1 is 1.38 bits per heavy atom. The van der Waals surface area contributed by atoms with Gasteiger partial charge in [-0.3, -0.25) is 0 Å². The molecule has 0 radical (unpaired) electrons. The summed E-state index contributed by atoms with van der Waals surface area (Å²) in [5.41, 5.74) is -0.450. The summed E-state index contributed by atoms with van der Waals surface area (Å²) in [6.07, 6.45) is 6.82. The molecule has 21 heavy (non-hydrogen) atoms. The van der Waals surface area contributed by atoms with Gasteiger partial charge in [0, 0.05) is 18.6 Å². The molecule has 0 spiro atoms. The highest BCUT2D eigenvalue weighted by Gasteiger charge is 2.40. The normalized spacial score (nSPS) is 29.0. The van der Waals surface area contributed by atoms with Gasteiger partial charge in [-0.15, -0.1) is 0 Å². The standard InChI is InChI=1S/C17H30N2O2/c1-11(2)15(19-16(20)21-17(3,4)5)10-18-14-9-12-7-6-8-13(12)14/h6,8,11-15,18H,7,9-10H2,1-5H3,(H,19,20). The van der Waals surface area contributed by atoms with Crippen LogP contribution in [0.3, 0.4) is 0 Å². The second kappa shape index (κ2) is 6.39. The predicted octanol–water partition coefficient (Wildman–Crippen LogP) is 3.09. The molecule has 0 aromatic rings. The van der Waals surface area contributed by atoms with Crippen LogP contribution in [-0.2, 0) is 4.74 Å². The van der Waals surface area contributed by atoms with Crippen molar-refractivity contribution in [3.63, 3.8) is 0 Å². The number of carbonyl (C=O) groups excluding carboxylic acids is 1. The Hall–Kier alpha value is -1.03. The molecule has 0 aromatic carbocycles. The number of hydrogen-bond donors (Lipinski definition) is 2. The third-order valence-corrected chi connectivity index (χ3v) is 4.47. The maximum Gasteiger partial charge on any atom is 0.407 e. The number of carbonyl (C=O) groups is 1. The lowest BCUT2D eigenvalue weighted by molar-refractivity contribution is 0.0484. The smallest absolute Gasteiger partial charge is 0.407 e. The molecule has 4 atom stereocenters. The first kappa shape index (κ1) is 16.3. The van der Waals surface area contributed by atoms with Crippen LogP contribution in [0.25, 0.3) is 0 Å². The van der Waals surface area contributed by atoms with Crippen LogP contribution in [0, 0.1) is 17.8 Å². The summed E-state index contributed by atoms with van der Waals surface area (Å²) in [5, 5.41) is 6.61. The van der Waals surface area contributed by atoms with E-state index < -0.39 is 5.60 Å². The number of ether oxygens (including phenoxy) is 1. The topological polar surface area (TPSA) is 50.4 Å². The van der Waals surface area contributed by atoms with E-state index >= 15 is 0 Å². The average Bonchev–Trinajstić information content (AvgIpc) is 2.67. The monoisotopic (exact) mass is 294 g/mol.